The van der Waals surface area contributed by atoms with Gasteiger partial charge in [0.05, 0.1) is 0 Å². The topological polar surface area (TPSA) is 17.1 Å². The minimum atomic E-state index is 0.0201. The van der Waals surface area contributed by atoms with Crippen LogP contribution in [-0.2, 0) is 0 Å². The molecule has 0 aliphatic rings. The van der Waals surface area contributed by atoms with E-state index in [1.165, 1.54) is 0 Å². The van der Waals surface area contributed by atoms with Crippen LogP contribution in [0.2, 0.25) is 5.02 Å². The average molecular weight is 310 g/mol. The molecule has 0 saturated carbocycles. The van der Waals surface area contributed by atoms with Crippen molar-refractivity contribution in [3.8, 4) is 0 Å². The standard InChI is InChI=1S/C14H10BrClO/c1-9-8-11(15)4-7-13(9)14(17)10-2-5-12(16)6-3-10/h2-8H,1H3. The summed E-state index contributed by atoms with van der Waals surface area (Å²) < 4.78 is 0.975. The fraction of sp³-hybridized carbons (Fsp3) is 0.0714. The van der Waals surface area contributed by atoms with Gasteiger partial charge in [-0.2, -0.15) is 0 Å². The molecule has 1 nitrogen and oxygen atoms in total. The van der Waals surface area contributed by atoms with E-state index in [9.17, 15) is 4.79 Å². The zero-order chi connectivity index (χ0) is 12.4. The second-order valence-corrected chi connectivity index (χ2v) is 5.15. The Morgan fingerprint density at radius 2 is 1.76 bits per heavy atom. The van der Waals surface area contributed by atoms with Crippen LogP contribution in [0, 0.1) is 6.92 Å². The Kier molecular flexibility index (Phi) is 3.65. The maximum absolute atomic E-state index is 12.2. The first kappa shape index (κ1) is 12.3. The fourth-order valence-electron chi connectivity index (χ4n) is 1.64. The van der Waals surface area contributed by atoms with Crippen molar-refractivity contribution in [1.82, 2.24) is 0 Å². The smallest absolute Gasteiger partial charge is 0.193 e. The molecule has 0 fully saturated rings. The Labute approximate surface area is 114 Å². The number of halogens is 2. The van der Waals surface area contributed by atoms with Crippen LogP contribution in [0.4, 0.5) is 0 Å². The summed E-state index contributed by atoms with van der Waals surface area (Å²) in [5.74, 6) is 0.0201. The second kappa shape index (κ2) is 5.03. The molecule has 2 aromatic rings. The maximum Gasteiger partial charge on any atom is 0.193 e. The molecule has 0 aliphatic carbocycles. The van der Waals surface area contributed by atoms with E-state index in [0.717, 1.165) is 15.6 Å². The molecule has 0 N–H and O–H groups in total. The van der Waals surface area contributed by atoms with Crippen molar-refractivity contribution in [2.45, 2.75) is 6.92 Å². The van der Waals surface area contributed by atoms with Crippen molar-refractivity contribution in [2.24, 2.45) is 0 Å². The highest BCUT2D eigenvalue weighted by Crippen LogP contribution is 2.19. The highest BCUT2D eigenvalue weighted by molar-refractivity contribution is 9.10. The molecule has 0 bridgehead atoms. The molecule has 0 spiro atoms. The van der Waals surface area contributed by atoms with Crippen LogP contribution in [0.1, 0.15) is 21.5 Å². The zero-order valence-electron chi connectivity index (χ0n) is 9.21. The summed E-state index contributed by atoms with van der Waals surface area (Å²) in [6.07, 6.45) is 0. The van der Waals surface area contributed by atoms with E-state index in [1.807, 2.05) is 25.1 Å². The second-order valence-electron chi connectivity index (χ2n) is 3.80. The molecule has 0 heterocycles. The van der Waals surface area contributed by atoms with Crippen LogP contribution in [0.25, 0.3) is 0 Å². The molecule has 86 valence electrons. The van der Waals surface area contributed by atoms with Crippen LogP contribution < -0.4 is 0 Å². The monoisotopic (exact) mass is 308 g/mol. The molecule has 0 aromatic heterocycles. The average Bonchev–Trinajstić information content (AvgIpc) is 2.29. The lowest BCUT2D eigenvalue weighted by atomic mass is 9.99. The SMILES string of the molecule is Cc1cc(Br)ccc1C(=O)c1ccc(Cl)cc1. The van der Waals surface area contributed by atoms with E-state index in [1.54, 1.807) is 24.3 Å². The van der Waals surface area contributed by atoms with Gasteiger partial charge < -0.3 is 0 Å². The molecule has 2 rings (SSSR count). The number of aryl methyl sites for hydroxylation is 1. The third-order valence-electron chi connectivity index (χ3n) is 2.54. The van der Waals surface area contributed by atoms with Crippen LogP contribution in [0.15, 0.2) is 46.9 Å². The molecule has 0 amide bonds. The summed E-state index contributed by atoms with van der Waals surface area (Å²) in [6.45, 7) is 1.92. The first-order valence-electron chi connectivity index (χ1n) is 5.14. The van der Waals surface area contributed by atoms with Gasteiger partial charge in [-0.3, -0.25) is 4.79 Å². The number of ketones is 1. The first-order chi connectivity index (χ1) is 8.08. The summed E-state index contributed by atoms with van der Waals surface area (Å²) in [6, 6.07) is 12.6. The van der Waals surface area contributed by atoms with Gasteiger partial charge in [0, 0.05) is 20.6 Å². The summed E-state index contributed by atoms with van der Waals surface area (Å²) >= 11 is 9.18. The van der Waals surface area contributed by atoms with E-state index in [0.29, 0.717) is 10.6 Å². The largest absolute Gasteiger partial charge is 0.289 e. The highest BCUT2D eigenvalue weighted by atomic mass is 79.9. The van der Waals surface area contributed by atoms with Gasteiger partial charge in [-0.15, -0.1) is 0 Å². The third-order valence-corrected chi connectivity index (χ3v) is 3.28. The summed E-state index contributed by atoms with van der Waals surface area (Å²) in [4.78, 5) is 12.2. The van der Waals surface area contributed by atoms with Gasteiger partial charge in [-0.1, -0.05) is 27.5 Å². The van der Waals surface area contributed by atoms with Crippen LogP contribution in [0.5, 0.6) is 0 Å². The number of hydrogen-bond acceptors (Lipinski definition) is 1. The minimum Gasteiger partial charge on any atom is -0.289 e. The van der Waals surface area contributed by atoms with E-state index < -0.39 is 0 Å². The molecule has 2 aromatic carbocycles. The zero-order valence-corrected chi connectivity index (χ0v) is 11.5. The lowest BCUT2D eigenvalue weighted by Gasteiger charge is -2.05. The summed E-state index contributed by atoms with van der Waals surface area (Å²) in [7, 11) is 0. The number of hydrogen-bond donors (Lipinski definition) is 0. The van der Waals surface area contributed by atoms with Gasteiger partial charge in [0.2, 0.25) is 0 Å². The highest BCUT2D eigenvalue weighted by Gasteiger charge is 2.11. The molecule has 17 heavy (non-hydrogen) atoms. The van der Waals surface area contributed by atoms with E-state index in [2.05, 4.69) is 15.9 Å². The molecule has 0 aliphatic heterocycles. The predicted molar refractivity (Wildman–Crippen MR) is 73.8 cm³/mol. The molecule has 0 saturated heterocycles. The van der Waals surface area contributed by atoms with E-state index >= 15 is 0 Å². The van der Waals surface area contributed by atoms with Gasteiger partial charge in [0.15, 0.2) is 5.78 Å². The Morgan fingerprint density at radius 3 is 2.35 bits per heavy atom. The van der Waals surface area contributed by atoms with Gasteiger partial charge in [0.1, 0.15) is 0 Å². The van der Waals surface area contributed by atoms with Gasteiger partial charge in [-0.25, -0.2) is 0 Å². The minimum absolute atomic E-state index is 0.0201. The van der Waals surface area contributed by atoms with Crippen LogP contribution in [-0.4, -0.2) is 5.78 Å². The van der Waals surface area contributed by atoms with E-state index in [-0.39, 0.29) is 5.78 Å². The van der Waals surface area contributed by atoms with E-state index in [4.69, 9.17) is 11.6 Å². The molecule has 0 unspecified atom stereocenters. The lowest BCUT2D eigenvalue weighted by Crippen LogP contribution is -2.03. The number of carbonyl (C=O) groups excluding carboxylic acids is 1. The normalized spacial score (nSPS) is 10.3. The van der Waals surface area contributed by atoms with Crippen molar-refractivity contribution in [3.63, 3.8) is 0 Å². The predicted octanol–water partition coefficient (Wildman–Crippen LogP) is 4.64. The lowest BCUT2D eigenvalue weighted by molar-refractivity contribution is 0.103. The Balaban J connectivity index is 2.40. The van der Waals surface area contributed by atoms with Crippen molar-refractivity contribution in [3.05, 3.63) is 68.7 Å². The van der Waals surface area contributed by atoms with Crippen LogP contribution in [0.3, 0.4) is 0 Å². The fourth-order valence-corrected chi connectivity index (χ4v) is 2.24. The molecular weight excluding hydrogens is 300 g/mol. The van der Waals surface area contributed by atoms with Crippen LogP contribution >= 0.6 is 27.5 Å². The summed E-state index contributed by atoms with van der Waals surface area (Å²) in [5, 5.41) is 0.633. The number of rotatable bonds is 2. The quantitative estimate of drug-likeness (QED) is 0.738. The van der Waals surface area contributed by atoms with Crippen molar-refractivity contribution in [1.29, 1.82) is 0 Å². The van der Waals surface area contributed by atoms with Gasteiger partial charge >= 0.3 is 0 Å². The molecule has 0 atom stereocenters. The first-order valence-corrected chi connectivity index (χ1v) is 6.31. The Bertz CT molecular complexity index is 561. The number of carbonyl (C=O) groups is 1. The third kappa shape index (κ3) is 2.76. The number of benzene rings is 2. The van der Waals surface area contributed by atoms with Gasteiger partial charge in [-0.05, 0) is 55.0 Å². The molecule has 3 heteroatoms. The summed E-state index contributed by atoms with van der Waals surface area (Å²) in [5.41, 5.74) is 2.33. The Hall–Kier alpha value is -1.12. The molecule has 0 radical (unpaired) electrons. The van der Waals surface area contributed by atoms with Gasteiger partial charge in [0.25, 0.3) is 0 Å². The van der Waals surface area contributed by atoms with Crippen molar-refractivity contribution >= 4 is 33.3 Å². The molecular formula is C14H10BrClO. The van der Waals surface area contributed by atoms with Crippen molar-refractivity contribution < 1.29 is 4.79 Å². The Morgan fingerprint density at radius 1 is 1.12 bits per heavy atom. The maximum atomic E-state index is 12.2. The van der Waals surface area contributed by atoms with Crippen molar-refractivity contribution in [2.75, 3.05) is 0 Å².